The third-order valence-electron chi connectivity index (χ3n) is 5.48. The minimum absolute atomic E-state index is 0.0403. The highest BCUT2D eigenvalue weighted by atomic mass is 35.5. The second-order valence-electron chi connectivity index (χ2n) is 7.51. The number of para-hydroxylation sites is 1. The Morgan fingerprint density at radius 1 is 1.07 bits per heavy atom. The molecule has 2 amide bonds. The highest BCUT2D eigenvalue weighted by Crippen LogP contribution is 2.32. The highest BCUT2D eigenvalue weighted by molar-refractivity contribution is 6.30. The fraction of sp³-hybridized carbons (Fsp3) is 0.364. The molecule has 0 radical (unpaired) electrons. The predicted octanol–water partition coefficient (Wildman–Crippen LogP) is 3.31. The summed E-state index contributed by atoms with van der Waals surface area (Å²) in [6, 6.07) is 17.0. The monoisotopic (exact) mass is 398 g/mol. The van der Waals surface area contributed by atoms with Gasteiger partial charge < -0.3 is 14.5 Å². The van der Waals surface area contributed by atoms with Crippen LogP contribution < -0.4 is 4.90 Å². The number of hydrogen-bond donors (Lipinski definition) is 0. The zero-order valence-electron chi connectivity index (χ0n) is 15.6. The summed E-state index contributed by atoms with van der Waals surface area (Å²) in [7, 11) is 0. The fourth-order valence-electron chi connectivity index (χ4n) is 4.00. The maximum absolute atomic E-state index is 12.9. The number of halogens is 1. The molecular weight excluding hydrogens is 376 g/mol. The summed E-state index contributed by atoms with van der Waals surface area (Å²) in [6.07, 6.45) is 2.05. The van der Waals surface area contributed by atoms with Crippen molar-refractivity contribution in [1.29, 1.82) is 0 Å². The standard InChI is InChI=1S/C22H23ClN2O3/c23-18-9-7-17(8-10-18)13-20(26)24-12-4-11-22(15-24)16-25(21(27)14-28-22)19-5-2-1-3-6-19/h1-3,5-10H,4,11-16H2. The molecule has 0 aliphatic carbocycles. The first-order valence-corrected chi connectivity index (χ1v) is 9.94. The van der Waals surface area contributed by atoms with E-state index in [1.165, 1.54) is 0 Å². The van der Waals surface area contributed by atoms with Gasteiger partial charge in [-0.1, -0.05) is 41.9 Å². The Labute approximate surface area is 169 Å². The predicted molar refractivity (Wildman–Crippen MR) is 108 cm³/mol. The number of rotatable bonds is 3. The average molecular weight is 399 g/mol. The Bertz CT molecular complexity index is 856. The van der Waals surface area contributed by atoms with Gasteiger partial charge in [-0.05, 0) is 42.7 Å². The highest BCUT2D eigenvalue weighted by Gasteiger charge is 2.44. The second kappa shape index (κ2) is 7.94. The van der Waals surface area contributed by atoms with Gasteiger partial charge in [0.25, 0.3) is 5.91 Å². The van der Waals surface area contributed by atoms with Crippen LogP contribution >= 0.6 is 11.6 Å². The van der Waals surface area contributed by atoms with Crippen LogP contribution in [0.3, 0.4) is 0 Å². The number of morpholine rings is 1. The molecule has 0 bridgehead atoms. The van der Waals surface area contributed by atoms with Gasteiger partial charge in [-0.3, -0.25) is 9.59 Å². The Hall–Kier alpha value is -2.37. The maximum atomic E-state index is 12.9. The van der Waals surface area contributed by atoms with E-state index in [1.807, 2.05) is 47.4 Å². The van der Waals surface area contributed by atoms with Crippen molar-refractivity contribution in [2.24, 2.45) is 0 Å². The molecule has 6 heteroatoms. The molecule has 1 spiro atoms. The molecule has 28 heavy (non-hydrogen) atoms. The quantitative estimate of drug-likeness (QED) is 0.797. The number of carbonyl (C=O) groups excluding carboxylic acids is 2. The van der Waals surface area contributed by atoms with E-state index < -0.39 is 5.60 Å². The van der Waals surface area contributed by atoms with Crippen molar-refractivity contribution in [3.8, 4) is 0 Å². The first-order chi connectivity index (χ1) is 13.5. The van der Waals surface area contributed by atoms with E-state index in [0.29, 0.717) is 24.5 Å². The summed E-state index contributed by atoms with van der Waals surface area (Å²) in [5.74, 6) is 0.0367. The van der Waals surface area contributed by atoms with Crippen molar-refractivity contribution in [1.82, 2.24) is 4.90 Å². The van der Waals surface area contributed by atoms with Gasteiger partial charge in [-0.2, -0.15) is 0 Å². The summed E-state index contributed by atoms with van der Waals surface area (Å²) in [4.78, 5) is 28.9. The molecule has 2 heterocycles. The van der Waals surface area contributed by atoms with Gasteiger partial charge in [0.05, 0.1) is 19.5 Å². The van der Waals surface area contributed by atoms with Crippen molar-refractivity contribution in [3.05, 3.63) is 65.2 Å². The zero-order valence-corrected chi connectivity index (χ0v) is 16.4. The first kappa shape index (κ1) is 19.0. The number of amides is 2. The third-order valence-corrected chi connectivity index (χ3v) is 5.73. The average Bonchev–Trinajstić information content (AvgIpc) is 2.72. The SMILES string of the molecule is O=C(Cc1ccc(Cl)cc1)N1CCCC2(C1)CN(c1ccccc1)C(=O)CO2. The van der Waals surface area contributed by atoms with Crippen LogP contribution in [-0.4, -0.2) is 48.6 Å². The van der Waals surface area contributed by atoms with Crippen LogP contribution in [0.25, 0.3) is 0 Å². The van der Waals surface area contributed by atoms with Crippen molar-refractivity contribution in [2.75, 3.05) is 31.1 Å². The van der Waals surface area contributed by atoms with E-state index in [-0.39, 0.29) is 18.4 Å². The summed E-state index contributed by atoms with van der Waals surface area (Å²) in [5, 5.41) is 0.661. The summed E-state index contributed by atoms with van der Waals surface area (Å²) >= 11 is 5.93. The number of hydrogen-bond acceptors (Lipinski definition) is 3. The lowest BCUT2D eigenvalue weighted by molar-refractivity contribution is -0.153. The third kappa shape index (κ3) is 4.05. The molecule has 0 aromatic heterocycles. The van der Waals surface area contributed by atoms with E-state index in [0.717, 1.165) is 30.6 Å². The van der Waals surface area contributed by atoms with Crippen LogP contribution in [0.15, 0.2) is 54.6 Å². The van der Waals surface area contributed by atoms with Crippen LogP contribution in [-0.2, 0) is 20.7 Å². The van der Waals surface area contributed by atoms with Gasteiger partial charge in [-0.15, -0.1) is 0 Å². The molecule has 0 saturated carbocycles. The van der Waals surface area contributed by atoms with Crippen molar-refractivity contribution in [2.45, 2.75) is 24.9 Å². The van der Waals surface area contributed by atoms with Crippen molar-refractivity contribution < 1.29 is 14.3 Å². The van der Waals surface area contributed by atoms with E-state index in [1.54, 1.807) is 17.0 Å². The Kier molecular flexibility index (Phi) is 5.38. The van der Waals surface area contributed by atoms with Gasteiger partial charge in [0.15, 0.2) is 0 Å². The van der Waals surface area contributed by atoms with E-state index in [2.05, 4.69) is 0 Å². The molecule has 2 aliphatic rings. The molecule has 2 aromatic carbocycles. The van der Waals surface area contributed by atoms with Crippen LogP contribution in [0.4, 0.5) is 5.69 Å². The molecule has 5 nitrogen and oxygen atoms in total. The molecule has 1 atom stereocenters. The van der Waals surface area contributed by atoms with Crippen molar-refractivity contribution >= 4 is 29.1 Å². The molecule has 4 rings (SSSR count). The molecule has 2 saturated heterocycles. The summed E-state index contributed by atoms with van der Waals surface area (Å²) in [6.45, 7) is 1.75. The van der Waals surface area contributed by atoms with Gasteiger partial charge in [-0.25, -0.2) is 0 Å². The summed E-state index contributed by atoms with van der Waals surface area (Å²) in [5.41, 5.74) is 1.32. The van der Waals surface area contributed by atoms with Gasteiger partial charge in [0.1, 0.15) is 12.2 Å². The molecular formula is C22H23ClN2O3. The first-order valence-electron chi connectivity index (χ1n) is 9.56. The maximum Gasteiger partial charge on any atom is 0.253 e. The topological polar surface area (TPSA) is 49.9 Å². The van der Waals surface area contributed by atoms with Gasteiger partial charge in [0, 0.05) is 17.3 Å². The van der Waals surface area contributed by atoms with Crippen LogP contribution in [0, 0.1) is 0 Å². The number of nitrogens with zero attached hydrogens (tertiary/aromatic N) is 2. The Morgan fingerprint density at radius 2 is 1.82 bits per heavy atom. The number of benzene rings is 2. The van der Waals surface area contributed by atoms with Gasteiger partial charge in [0.2, 0.25) is 5.91 Å². The van der Waals surface area contributed by atoms with E-state index >= 15 is 0 Å². The fourth-order valence-corrected chi connectivity index (χ4v) is 4.13. The number of ether oxygens (including phenoxy) is 1. The van der Waals surface area contributed by atoms with Gasteiger partial charge >= 0.3 is 0 Å². The van der Waals surface area contributed by atoms with Crippen LogP contribution in [0.1, 0.15) is 18.4 Å². The van der Waals surface area contributed by atoms with E-state index in [4.69, 9.17) is 16.3 Å². The minimum Gasteiger partial charge on any atom is -0.361 e. The number of likely N-dealkylation sites (tertiary alicyclic amines) is 1. The lowest BCUT2D eigenvalue weighted by atomic mass is 9.90. The normalized spacial score (nSPS) is 22.5. The smallest absolute Gasteiger partial charge is 0.253 e. The molecule has 2 aliphatic heterocycles. The molecule has 1 unspecified atom stereocenters. The Balaban J connectivity index is 1.47. The second-order valence-corrected chi connectivity index (χ2v) is 7.95. The Morgan fingerprint density at radius 3 is 2.57 bits per heavy atom. The molecule has 146 valence electrons. The molecule has 2 aromatic rings. The minimum atomic E-state index is -0.502. The largest absolute Gasteiger partial charge is 0.361 e. The lowest BCUT2D eigenvalue weighted by Gasteiger charge is -2.47. The number of piperidine rings is 1. The lowest BCUT2D eigenvalue weighted by Crippen LogP contribution is -2.62. The van der Waals surface area contributed by atoms with Crippen LogP contribution in [0.2, 0.25) is 5.02 Å². The van der Waals surface area contributed by atoms with Crippen molar-refractivity contribution in [3.63, 3.8) is 0 Å². The summed E-state index contributed by atoms with van der Waals surface area (Å²) < 4.78 is 6.01. The number of carbonyl (C=O) groups is 2. The molecule has 0 N–H and O–H groups in total. The number of anilines is 1. The van der Waals surface area contributed by atoms with Crippen LogP contribution in [0.5, 0.6) is 0 Å². The van der Waals surface area contributed by atoms with E-state index in [9.17, 15) is 9.59 Å². The molecule has 2 fully saturated rings. The zero-order chi connectivity index (χ0) is 19.6.